The van der Waals surface area contributed by atoms with Gasteiger partial charge in [-0.05, 0) is 32.1 Å². The number of urea groups is 1. The van der Waals surface area contributed by atoms with E-state index >= 15 is 0 Å². The first-order valence-corrected chi connectivity index (χ1v) is 8.91. The number of amides is 2. The Labute approximate surface area is 131 Å². The van der Waals surface area contributed by atoms with Crippen molar-refractivity contribution in [1.29, 1.82) is 0 Å². The van der Waals surface area contributed by atoms with Gasteiger partial charge >= 0.3 is 12.0 Å². The highest BCUT2D eigenvalue weighted by Gasteiger charge is 2.34. The summed E-state index contributed by atoms with van der Waals surface area (Å²) < 4.78 is 0. The summed E-state index contributed by atoms with van der Waals surface area (Å²) in [7, 11) is 0. The van der Waals surface area contributed by atoms with Crippen molar-refractivity contribution in [3.63, 3.8) is 0 Å². The van der Waals surface area contributed by atoms with E-state index in [2.05, 4.69) is 17.6 Å². The summed E-state index contributed by atoms with van der Waals surface area (Å²) in [5.41, 5.74) is 0. The van der Waals surface area contributed by atoms with Gasteiger partial charge in [0.25, 0.3) is 0 Å². The van der Waals surface area contributed by atoms with Crippen LogP contribution in [0.25, 0.3) is 0 Å². The molecule has 0 radical (unpaired) electrons. The van der Waals surface area contributed by atoms with Crippen molar-refractivity contribution in [2.45, 2.75) is 51.2 Å². The highest BCUT2D eigenvalue weighted by molar-refractivity contribution is 7.98. The van der Waals surface area contributed by atoms with Crippen LogP contribution in [0.15, 0.2) is 0 Å². The fourth-order valence-corrected chi connectivity index (χ4v) is 3.27. The molecule has 1 aliphatic rings. The summed E-state index contributed by atoms with van der Waals surface area (Å²) in [5.74, 6) is 0.119. The Hall–Kier alpha value is -0.950. The van der Waals surface area contributed by atoms with Crippen molar-refractivity contribution in [3.05, 3.63) is 0 Å². The largest absolute Gasteiger partial charge is 0.480 e. The molecule has 7 heteroatoms. The predicted molar refractivity (Wildman–Crippen MR) is 85.8 cm³/mol. The number of carbonyl (C=O) groups excluding carboxylic acids is 1. The van der Waals surface area contributed by atoms with Gasteiger partial charge in [-0.15, -0.1) is 0 Å². The van der Waals surface area contributed by atoms with Crippen molar-refractivity contribution in [2.75, 3.05) is 25.1 Å². The van der Waals surface area contributed by atoms with E-state index in [4.69, 9.17) is 5.11 Å². The number of thioether (sulfide) groups is 1. The van der Waals surface area contributed by atoms with Crippen LogP contribution < -0.4 is 10.6 Å². The molecule has 122 valence electrons. The molecule has 0 aromatic rings. The van der Waals surface area contributed by atoms with Crippen LogP contribution in [0.1, 0.15) is 33.1 Å². The molecular formula is C14H27N3O3S. The lowest BCUT2D eigenvalue weighted by Gasteiger charge is -2.42. The summed E-state index contributed by atoms with van der Waals surface area (Å²) >= 11 is 1.72. The maximum Gasteiger partial charge on any atom is 0.317 e. The molecular weight excluding hydrogens is 290 g/mol. The molecule has 0 saturated heterocycles. The first-order chi connectivity index (χ1) is 9.99. The smallest absolute Gasteiger partial charge is 0.317 e. The molecule has 0 aromatic carbocycles. The topological polar surface area (TPSA) is 81.7 Å². The maximum atomic E-state index is 11.9. The Kier molecular flexibility index (Phi) is 7.88. The van der Waals surface area contributed by atoms with Crippen LogP contribution in [0, 0.1) is 0 Å². The maximum absolute atomic E-state index is 11.9. The van der Waals surface area contributed by atoms with Gasteiger partial charge in [0.1, 0.15) is 0 Å². The van der Waals surface area contributed by atoms with Crippen LogP contribution in [-0.4, -0.2) is 65.2 Å². The highest BCUT2D eigenvalue weighted by atomic mass is 32.2. The van der Waals surface area contributed by atoms with Crippen molar-refractivity contribution < 1.29 is 14.7 Å². The molecule has 1 fully saturated rings. The van der Waals surface area contributed by atoms with Crippen molar-refractivity contribution in [2.24, 2.45) is 0 Å². The minimum atomic E-state index is -0.797. The van der Waals surface area contributed by atoms with E-state index in [9.17, 15) is 9.59 Å². The lowest BCUT2D eigenvalue weighted by Crippen LogP contribution is -2.57. The second-order valence-electron chi connectivity index (χ2n) is 5.46. The summed E-state index contributed by atoms with van der Waals surface area (Å²) in [6, 6.07) is 0.518. The highest BCUT2D eigenvalue weighted by Crippen LogP contribution is 2.25. The quantitative estimate of drug-likeness (QED) is 0.598. The Morgan fingerprint density at radius 3 is 2.52 bits per heavy atom. The predicted octanol–water partition coefficient (Wildman–Crippen LogP) is 1.36. The van der Waals surface area contributed by atoms with Gasteiger partial charge in [-0.2, -0.15) is 11.8 Å². The van der Waals surface area contributed by atoms with E-state index in [1.807, 2.05) is 18.1 Å². The minimum absolute atomic E-state index is 0.0751. The number of aliphatic carboxylic acids is 1. The zero-order valence-electron chi connectivity index (χ0n) is 13.1. The van der Waals surface area contributed by atoms with Gasteiger partial charge in [-0.3, -0.25) is 9.69 Å². The summed E-state index contributed by atoms with van der Waals surface area (Å²) in [6.07, 6.45) is 4.60. The number of likely N-dealkylation sites (N-methyl/N-ethyl adjacent to an activating group) is 1. The van der Waals surface area contributed by atoms with Gasteiger partial charge in [0.2, 0.25) is 0 Å². The Morgan fingerprint density at radius 1 is 1.38 bits per heavy atom. The van der Waals surface area contributed by atoms with Crippen molar-refractivity contribution in [1.82, 2.24) is 15.5 Å². The second-order valence-corrected chi connectivity index (χ2v) is 6.37. The molecule has 1 atom stereocenters. The zero-order valence-corrected chi connectivity index (χ0v) is 13.9. The van der Waals surface area contributed by atoms with E-state index in [0.717, 1.165) is 31.6 Å². The fourth-order valence-electron chi connectivity index (χ4n) is 2.55. The number of carboxylic acids is 1. The molecule has 0 aromatic heterocycles. The van der Waals surface area contributed by atoms with Gasteiger partial charge in [0, 0.05) is 23.9 Å². The molecule has 6 nitrogen and oxygen atoms in total. The average Bonchev–Trinajstić information content (AvgIpc) is 2.39. The third-order valence-corrected chi connectivity index (χ3v) is 4.64. The number of hydrogen-bond donors (Lipinski definition) is 3. The van der Waals surface area contributed by atoms with E-state index in [-0.39, 0.29) is 30.7 Å². The third-order valence-electron chi connectivity index (χ3n) is 3.91. The Balaban J connectivity index is 2.27. The number of carboxylic acid groups (broad SMARTS) is 1. The van der Waals surface area contributed by atoms with Gasteiger partial charge in [-0.1, -0.05) is 13.8 Å². The summed E-state index contributed by atoms with van der Waals surface area (Å²) in [6.45, 7) is 4.82. The molecule has 0 spiro atoms. The number of hydrogen-bond acceptors (Lipinski definition) is 4. The van der Waals surface area contributed by atoms with Gasteiger partial charge in [-0.25, -0.2) is 4.79 Å². The number of carbonyl (C=O) groups is 2. The van der Waals surface area contributed by atoms with Crippen LogP contribution in [0.3, 0.4) is 0 Å². The monoisotopic (exact) mass is 317 g/mol. The zero-order chi connectivity index (χ0) is 15.8. The van der Waals surface area contributed by atoms with Gasteiger partial charge in [0.05, 0.1) is 6.54 Å². The molecule has 1 aliphatic carbocycles. The molecule has 2 amide bonds. The van der Waals surface area contributed by atoms with Gasteiger partial charge in [0.15, 0.2) is 0 Å². The molecule has 0 heterocycles. The summed E-state index contributed by atoms with van der Waals surface area (Å²) in [5, 5.41) is 14.8. The summed E-state index contributed by atoms with van der Waals surface area (Å²) in [4.78, 5) is 24.6. The number of nitrogens with zero attached hydrogens (tertiary/aromatic N) is 1. The van der Waals surface area contributed by atoms with Crippen molar-refractivity contribution in [3.8, 4) is 0 Å². The Morgan fingerprint density at radius 2 is 2.05 bits per heavy atom. The molecule has 0 bridgehead atoms. The third kappa shape index (κ3) is 6.13. The van der Waals surface area contributed by atoms with E-state index in [1.165, 1.54) is 0 Å². The molecule has 1 unspecified atom stereocenters. The normalized spacial score (nSPS) is 22.5. The van der Waals surface area contributed by atoms with E-state index in [0.29, 0.717) is 0 Å². The number of rotatable bonds is 9. The van der Waals surface area contributed by atoms with Crippen LogP contribution >= 0.6 is 11.8 Å². The molecule has 1 rings (SSSR count). The van der Waals surface area contributed by atoms with E-state index in [1.54, 1.807) is 11.8 Å². The molecule has 21 heavy (non-hydrogen) atoms. The molecule has 0 aliphatic heterocycles. The molecule has 3 N–H and O–H groups in total. The van der Waals surface area contributed by atoms with Crippen LogP contribution in [0.5, 0.6) is 0 Å². The van der Waals surface area contributed by atoms with Gasteiger partial charge < -0.3 is 15.7 Å². The Bertz CT molecular complexity index is 348. The SMILES string of the molecule is CCC(CSC)NC(=O)NC1CC(N(CC)CC(=O)O)C1. The first-order valence-electron chi connectivity index (χ1n) is 7.51. The average molecular weight is 317 g/mol. The van der Waals surface area contributed by atoms with E-state index < -0.39 is 5.97 Å². The lowest BCUT2D eigenvalue weighted by atomic mass is 9.85. The first kappa shape index (κ1) is 18.1. The minimum Gasteiger partial charge on any atom is -0.480 e. The van der Waals surface area contributed by atoms with Crippen LogP contribution in [-0.2, 0) is 4.79 Å². The molecule has 1 saturated carbocycles. The lowest BCUT2D eigenvalue weighted by molar-refractivity contribution is -0.139. The second kappa shape index (κ2) is 9.15. The number of nitrogens with one attached hydrogen (secondary N) is 2. The fraction of sp³-hybridized carbons (Fsp3) is 0.857. The van der Waals surface area contributed by atoms with Crippen LogP contribution in [0.4, 0.5) is 4.79 Å². The van der Waals surface area contributed by atoms with Crippen LogP contribution in [0.2, 0.25) is 0 Å². The van der Waals surface area contributed by atoms with Crippen molar-refractivity contribution >= 4 is 23.8 Å². The standard InChI is InChI=1S/C14H27N3O3S/c1-4-10(9-21-3)15-14(20)16-11-6-12(7-11)17(5-2)8-13(18)19/h10-12H,4-9H2,1-3H3,(H,18,19)(H2,15,16,20).